The molecule has 138 valence electrons. The number of aliphatic hydroxyl groups is 4. The van der Waals surface area contributed by atoms with Gasteiger partial charge in [0, 0.05) is 11.8 Å². The number of nitrogens with one attached hydrogen (secondary N) is 1. The van der Waals surface area contributed by atoms with E-state index < -0.39 is 47.9 Å². The summed E-state index contributed by atoms with van der Waals surface area (Å²) in [7, 11) is 0. The van der Waals surface area contributed by atoms with E-state index in [0.717, 1.165) is 5.56 Å². The second-order valence-corrected chi connectivity index (χ2v) is 7.00. The number of rotatable bonds is 6. The summed E-state index contributed by atoms with van der Waals surface area (Å²) in [5.74, 6) is -0.478. The fourth-order valence-corrected chi connectivity index (χ4v) is 3.51. The molecule has 8 nitrogen and oxygen atoms in total. The highest BCUT2D eigenvalue weighted by Gasteiger charge is 2.72. The van der Waals surface area contributed by atoms with Crippen molar-refractivity contribution in [1.29, 1.82) is 0 Å². The predicted octanol–water partition coefficient (Wildman–Crippen LogP) is -1.14. The van der Waals surface area contributed by atoms with Crippen LogP contribution in [0.5, 0.6) is 0 Å². The fraction of sp³-hybridized carbons (Fsp3) is 0.588. The van der Waals surface area contributed by atoms with Crippen LogP contribution in [0.4, 0.5) is 0 Å². The first-order valence-corrected chi connectivity index (χ1v) is 8.12. The van der Waals surface area contributed by atoms with Gasteiger partial charge in [-0.1, -0.05) is 37.3 Å². The molecule has 1 aromatic carbocycles. The van der Waals surface area contributed by atoms with Crippen molar-refractivity contribution in [2.45, 2.75) is 50.0 Å². The molecule has 0 aromatic heterocycles. The third kappa shape index (κ3) is 3.17. The molecule has 1 aromatic rings. The van der Waals surface area contributed by atoms with Gasteiger partial charge in [0.15, 0.2) is 0 Å². The van der Waals surface area contributed by atoms with Crippen molar-refractivity contribution in [2.24, 2.45) is 5.41 Å². The van der Waals surface area contributed by atoms with E-state index >= 15 is 0 Å². The summed E-state index contributed by atoms with van der Waals surface area (Å²) in [6, 6.07) is 9.29. The Morgan fingerprint density at radius 3 is 2.56 bits per heavy atom. The van der Waals surface area contributed by atoms with Gasteiger partial charge in [0.25, 0.3) is 0 Å². The zero-order valence-corrected chi connectivity index (χ0v) is 13.8. The van der Waals surface area contributed by atoms with Gasteiger partial charge in [-0.3, -0.25) is 9.63 Å². The van der Waals surface area contributed by atoms with Gasteiger partial charge in [-0.15, -0.1) is 0 Å². The second kappa shape index (κ2) is 6.64. The number of amides is 1. The minimum absolute atomic E-state index is 0.164. The van der Waals surface area contributed by atoms with Crippen molar-refractivity contribution in [3.05, 3.63) is 35.9 Å². The van der Waals surface area contributed by atoms with E-state index in [-0.39, 0.29) is 13.0 Å². The molecular formula is C17H23NO7. The smallest absolute Gasteiger partial charge is 0.244 e. The molecule has 1 saturated heterocycles. The van der Waals surface area contributed by atoms with Crippen LogP contribution in [0.15, 0.2) is 30.3 Å². The van der Waals surface area contributed by atoms with Gasteiger partial charge in [0.05, 0.1) is 25.4 Å². The third-order valence-corrected chi connectivity index (χ3v) is 5.18. The molecule has 5 N–H and O–H groups in total. The van der Waals surface area contributed by atoms with Gasteiger partial charge >= 0.3 is 0 Å². The van der Waals surface area contributed by atoms with E-state index in [1.54, 1.807) is 6.92 Å². The maximum atomic E-state index is 12.2. The highest BCUT2D eigenvalue weighted by molar-refractivity contribution is 5.76. The van der Waals surface area contributed by atoms with Gasteiger partial charge in [-0.2, -0.15) is 0 Å². The molecule has 2 fully saturated rings. The van der Waals surface area contributed by atoms with E-state index in [9.17, 15) is 25.2 Å². The summed E-state index contributed by atoms with van der Waals surface area (Å²) in [6.45, 7) is 1.05. The summed E-state index contributed by atoms with van der Waals surface area (Å²) in [5, 5.41) is 40.1. The summed E-state index contributed by atoms with van der Waals surface area (Å²) in [5.41, 5.74) is 0.171. The lowest BCUT2D eigenvalue weighted by atomic mass is 9.64. The SMILES string of the molecule is C[C@@]1(CC(=O)NOCc2ccccc2)[C@H](O)[C@H](O)[C@](O)(CO)[C@H]2O[C@H]21. The lowest BCUT2D eigenvalue weighted by molar-refractivity contribution is -0.194. The molecule has 1 amide bonds. The van der Waals surface area contributed by atoms with Crippen LogP contribution in [0.25, 0.3) is 0 Å². The number of hydrogen-bond acceptors (Lipinski definition) is 7. The number of epoxide rings is 1. The van der Waals surface area contributed by atoms with Gasteiger partial charge in [-0.05, 0) is 5.56 Å². The first kappa shape index (κ1) is 18.2. The first-order valence-electron chi connectivity index (χ1n) is 8.12. The Labute approximate surface area is 145 Å². The molecule has 1 aliphatic heterocycles. The number of fused-ring (bicyclic) bond motifs is 1. The van der Waals surface area contributed by atoms with Crippen LogP contribution in [-0.4, -0.2) is 63.0 Å². The standard InChI is InChI=1S/C17H23NO7/c1-16(7-11(20)18-24-8-10-5-3-2-4-6-10)12(21)13(22)17(23,9-19)15-14(16)25-15/h2-6,12-15,19,21-23H,7-9H2,1H3,(H,18,20)/t12-,13+,14-,15+,16-,17-/m1/s1. The van der Waals surface area contributed by atoms with Crippen molar-refractivity contribution in [3.63, 3.8) is 0 Å². The number of ether oxygens (including phenoxy) is 1. The van der Waals surface area contributed by atoms with Crippen LogP contribution in [0, 0.1) is 5.41 Å². The second-order valence-electron chi connectivity index (χ2n) is 7.00. The summed E-state index contributed by atoms with van der Waals surface area (Å²) in [6.07, 6.45) is -4.68. The number of carbonyl (C=O) groups is 1. The quantitative estimate of drug-likeness (QED) is 0.322. The van der Waals surface area contributed by atoms with E-state index in [4.69, 9.17) is 9.57 Å². The lowest BCUT2D eigenvalue weighted by Crippen LogP contribution is -2.65. The first-order chi connectivity index (χ1) is 11.8. The normalized spacial score (nSPS) is 39.6. The van der Waals surface area contributed by atoms with Gasteiger partial charge in [-0.25, -0.2) is 5.48 Å². The van der Waals surface area contributed by atoms with Gasteiger partial charge in [0.1, 0.15) is 17.8 Å². The molecule has 1 heterocycles. The Hall–Kier alpha value is -1.55. The maximum Gasteiger partial charge on any atom is 0.244 e. The van der Waals surface area contributed by atoms with E-state index in [2.05, 4.69) is 5.48 Å². The van der Waals surface area contributed by atoms with Crippen LogP contribution in [-0.2, 0) is 21.0 Å². The Morgan fingerprint density at radius 2 is 1.92 bits per heavy atom. The lowest BCUT2D eigenvalue weighted by Gasteiger charge is -2.45. The highest BCUT2D eigenvalue weighted by atomic mass is 16.7. The van der Waals surface area contributed by atoms with E-state index in [1.807, 2.05) is 30.3 Å². The molecule has 0 spiro atoms. The van der Waals surface area contributed by atoms with Crippen molar-refractivity contribution >= 4 is 5.91 Å². The zero-order chi connectivity index (χ0) is 18.2. The molecular weight excluding hydrogens is 330 g/mol. The van der Waals surface area contributed by atoms with Crippen LogP contribution in [0.2, 0.25) is 0 Å². The summed E-state index contributed by atoms with van der Waals surface area (Å²) < 4.78 is 5.36. The van der Waals surface area contributed by atoms with Crippen molar-refractivity contribution in [3.8, 4) is 0 Å². The molecule has 0 radical (unpaired) electrons. The van der Waals surface area contributed by atoms with Crippen LogP contribution < -0.4 is 5.48 Å². The number of aliphatic hydroxyl groups excluding tert-OH is 3. The minimum Gasteiger partial charge on any atom is -0.393 e. The minimum atomic E-state index is -1.93. The highest BCUT2D eigenvalue weighted by Crippen LogP contribution is 2.54. The predicted molar refractivity (Wildman–Crippen MR) is 84.8 cm³/mol. The van der Waals surface area contributed by atoms with Crippen molar-refractivity contribution in [2.75, 3.05) is 6.61 Å². The molecule has 2 aliphatic rings. The third-order valence-electron chi connectivity index (χ3n) is 5.18. The molecule has 0 bridgehead atoms. The Balaban J connectivity index is 1.58. The van der Waals surface area contributed by atoms with Gasteiger partial charge in [0.2, 0.25) is 5.91 Å². The van der Waals surface area contributed by atoms with E-state index in [1.165, 1.54) is 0 Å². The maximum absolute atomic E-state index is 12.2. The molecule has 8 heteroatoms. The topological polar surface area (TPSA) is 132 Å². The monoisotopic (exact) mass is 353 g/mol. The fourth-order valence-electron chi connectivity index (χ4n) is 3.51. The molecule has 1 saturated carbocycles. The van der Waals surface area contributed by atoms with Crippen LogP contribution >= 0.6 is 0 Å². The molecule has 25 heavy (non-hydrogen) atoms. The summed E-state index contributed by atoms with van der Waals surface area (Å²) in [4.78, 5) is 17.3. The van der Waals surface area contributed by atoms with Crippen molar-refractivity contribution < 1.29 is 34.8 Å². The number of benzene rings is 1. The molecule has 1 aliphatic carbocycles. The Bertz CT molecular complexity index is 627. The van der Waals surface area contributed by atoms with E-state index in [0.29, 0.717) is 0 Å². The average molecular weight is 353 g/mol. The largest absolute Gasteiger partial charge is 0.393 e. The number of hydroxylamine groups is 1. The molecule has 6 atom stereocenters. The van der Waals surface area contributed by atoms with Crippen molar-refractivity contribution in [1.82, 2.24) is 5.48 Å². The van der Waals surface area contributed by atoms with Crippen LogP contribution in [0.1, 0.15) is 18.9 Å². The summed E-state index contributed by atoms with van der Waals surface area (Å²) >= 11 is 0. The van der Waals surface area contributed by atoms with Crippen LogP contribution in [0.3, 0.4) is 0 Å². The number of hydrogen-bond donors (Lipinski definition) is 5. The Kier molecular flexibility index (Phi) is 4.84. The van der Waals surface area contributed by atoms with Gasteiger partial charge < -0.3 is 25.2 Å². The molecule has 0 unspecified atom stereocenters. The average Bonchev–Trinajstić information content (AvgIpc) is 3.41. The Morgan fingerprint density at radius 1 is 1.24 bits per heavy atom. The number of carbonyl (C=O) groups excluding carboxylic acids is 1. The molecule has 3 rings (SSSR count). The zero-order valence-electron chi connectivity index (χ0n) is 13.8.